The van der Waals surface area contributed by atoms with E-state index in [1.54, 1.807) is 13.8 Å². The van der Waals surface area contributed by atoms with E-state index in [1.807, 2.05) is 0 Å². The fourth-order valence-electron chi connectivity index (χ4n) is 3.03. The number of aliphatic hydroxyl groups is 1. The number of carbonyl (C=O) groups is 2. The number of piperidine rings is 1. The second kappa shape index (κ2) is 9.48. The van der Waals surface area contributed by atoms with Crippen molar-refractivity contribution in [2.75, 3.05) is 32.8 Å². The number of nitrogens with zero attached hydrogens (tertiary/aromatic N) is 1. The average molecular weight is 400 g/mol. The predicted octanol–water partition coefficient (Wildman–Crippen LogP) is 1.81. The van der Waals surface area contributed by atoms with Gasteiger partial charge in [-0.3, -0.25) is 14.5 Å². The lowest BCUT2D eigenvalue weighted by Gasteiger charge is -2.32. The summed E-state index contributed by atoms with van der Waals surface area (Å²) in [7, 11) is 0. The molecule has 1 aromatic rings. The minimum Gasteiger partial charge on any atom is -0.394 e. The molecule has 1 aromatic carbocycles. The summed E-state index contributed by atoms with van der Waals surface area (Å²) < 4.78 is 13.3. The van der Waals surface area contributed by atoms with Gasteiger partial charge in [-0.25, -0.2) is 4.39 Å². The van der Waals surface area contributed by atoms with E-state index in [0.717, 1.165) is 38.1 Å². The molecule has 0 aromatic heterocycles. The van der Waals surface area contributed by atoms with Crippen LogP contribution < -0.4 is 10.6 Å². The van der Waals surface area contributed by atoms with Gasteiger partial charge in [0.2, 0.25) is 5.91 Å². The van der Waals surface area contributed by atoms with Crippen molar-refractivity contribution >= 4 is 23.4 Å². The van der Waals surface area contributed by atoms with E-state index >= 15 is 0 Å². The van der Waals surface area contributed by atoms with Crippen LogP contribution in [0.5, 0.6) is 0 Å². The van der Waals surface area contributed by atoms with Crippen LogP contribution >= 0.6 is 11.6 Å². The zero-order chi connectivity index (χ0) is 20.0. The number of likely N-dealkylation sites (tertiary alicyclic amines) is 1. The van der Waals surface area contributed by atoms with E-state index in [4.69, 9.17) is 11.6 Å². The van der Waals surface area contributed by atoms with Gasteiger partial charge in [-0.2, -0.15) is 0 Å². The van der Waals surface area contributed by atoms with Crippen molar-refractivity contribution < 1.29 is 19.1 Å². The molecule has 1 aliphatic rings. The van der Waals surface area contributed by atoms with Crippen molar-refractivity contribution in [1.82, 2.24) is 15.5 Å². The fourth-order valence-corrected chi connectivity index (χ4v) is 3.25. The molecule has 0 aliphatic carbocycles. The fraction of sp³-hybridized carbons (Fsp3) is 0.579. The molecule has 1 heterocycles. The first kappa shape index (κ1) is 21.6. The summed E-state index contributed by atoms with van der Waals surface area (Å²) in [6, 6.07) is 3.76. The van der Waals surface area contributed by atoms with Crippen LogP contribution in [-0.2, 0) is 4.79 Å². The van der Waals surface area contributed by atoms with Gasteiger partial charge in [-0.15, -0.1) is 0 Å². The van der Waals surface area contributed by atoms with Crippen LogP contribution in [-0.4, -0.2) is 60.1 Å². The van der Waals surface area contributed by atoms with Crippen LogP contribution in [0.3, 0.4) is 0 Å². The van der Waals surface area contributed by atoms with Crippen molar-refractivity contribution in [3.63, 3.8) is 0 Å². The van der Waals surface area contributed by atoms with Gasteiger partial charge >= 0.3 is 0 Å². The molecule has 27 heavy (non-hydrogen) atoms. The number of carbonyl (C=O) groups excluding carboxylic acids is 2. The third-order valence-electron chi connectivity index (χ3n) is 4.62. The summed E-state index contributed by atoms with van der Waals surface area (Å²) in [6.45, 7) is 5.75. The summed E-state index contributed by atoms with van der Waals surface area (Å²) in [6.07, 6.45) is 1.72. The van der Waals surface area contributed by atoms with Crippen molar-refractivity contribution in [1.29, 1.82) is 0 Å². The minimum absolute atomic E-state index is 0.108. The number of hydrogen-bond donors (Lipinski definition) is 3. The van der Waals surface area contributed by atoms with Crippen LogP contribution in [0.1, 0.15) is 37.0 Å². The Labute approximate surface area is 164 Å². The molecule has 150 valence electrons. The Hall–Kier alpha value is -1.70. The van der Waals surface area contributed by atoms with E-state index in [2.05, 4.69) is 15.5 Å². The molecule has 0 spiro atoms. The van der Waals surface area contributed by atoms with E-state index in [9.17, 15) is 19.1 Å². The van der Waals surface area contributed by atoms with Crippen LogP contribution in [0, 0.1) is 11.7 Å². The zero-order valence-corrected chi connectivity index (χ0v) is 16.5. The third kappa shape index (κ3) is 7.08. The maximum atomic E-state index is 13.3. The molecule has 1 fully saturated rings. The second-order valence-electron chi connectivity index (χ2n) is 7.68. The normalized spacial score (nSPS) is 16.2. The molecule has 0 bridgehead atoms. The Morgan fingerprint density at radius 1 is 1.30 bits per heavy atom. The van der Waals surface area contributed by atoms with E-state index in [0.29, 0.717) is 19.0 Å². The van der Waals surface area contributed by atoms with E-state index < -0.39 is 11.4 Å². The summed E-state index contributed by atoms with van der Waals surface area (Å²) in [5.74, 6) is -0.678. The van der Waals surface area contributed by atoms with Gasteiger partial charge < -0.3 is 15.7 Å². The highest BCUT2D eigenvalue weighted by molar-refractivity contribution is 6.31. The first-order chi connectivity index (χ1) is 12.7. The van der Waals surface area contributed by atoms with Crippen LogP contribution in [0.15, 0.2) is 18.2 Å². The summed E-state index contributed by atoms with van der Waals surface area (Å²) in [5.41, 5.74) is -0.417. The van der Waals surface area contributed by atoms with Crippen LogP contribution in [0.2, 0.25) is 5.02 Å². The van der Waals surface area contributed by atoms with E-state index in [-0.39, 0.29) is 29.0 Å². The maximum absolute atomic E-state index is 13.3. The Morgan fingerprint density at radius 3 is 2.56 bits per heavy atom. The SMILES string of the molecule is CC(C)(CO)NC(=O)CN1CCC(CNC(=O)c2cc(F)cc(Cl)c2)CC1. The van der Waals surface area contributed by atoms with Crippen molar-refractivity contribution in [2.24, 2.45) is 5.92 Å². The lowest BCUT2D eigenvalue weighted by Crippen LogP contribution is -2.51. The molecule has 0 atom stereocenters. The van der Waals surface area contributed by atoms with Gasteiger partial charge in [0.15, 0.2) is 0 Å². The lowest BCUT2D eigenvalue weighted by atomic mass is 9.96. The molecule has 2 amide bonds. The number of amides is 2. The topological polar surface area (TPSA) is 81.7 Å². The van der Waals surface area contributed by atoms with Gasteiger partial charge in [0.05, 0.1) is 18.7 Å². The molecule has 1 saturated heterocycles. The number of nitrogens with one attached hydrogen (secondary N) is 2. The second-order valence-corrected chi connectivity index (χ2v) is 8.11. The van der Waals surface area contributed by atoms with Gasteiger partial charge in [-0.05, 0) is 63.9 Å². The zero-order valence-electron chi connectivity index (χ0n) is 15.7. The smallest absolute Gasteiger partial charge is 0.251 e. The number of rotatable bonds is 7. The maximum Gasteiger partial charge on any atom is 0.251 e. The number of aliphatic hydroxyl groups excluding tert-OH is 1. The van der Waals surface area contributed by atoms with Crippen LogP contribution in [0.4, 0.5) is 4.39 Å². The number of benzene rings is 1. The Morgan fingerprint density at radius 2 is 1.96 bits per heavy atom. The highest BCUT2D eigenvalue weighted by atomic mass is 35.5. The van der Waals surface area contributed by atoms with Crippen molar-refractivity contribution in [2.45, 2.75) is 32.2 Å². The van der Waals surface area contributed by atoms with Gasteiger partial charge in [0, 0.05) is 17.1 Å². The first-order valence-electron chi connectivity index (χ1n) is 9.07. The van der Waals surface area contributed by atoms with E-state index in [1.165, 1.54) is 6.07 Å². The van der Waals surface area contributed by atoms with Gasteiger partial charge in [-0.1, -0.05) is 11.6 Å². The Bertz CT molecular complexity index is 656. The van der Waals surface area contributed by atoms with Crippen molar-refractivity contribution in [3.05, 3.63) is 34.6 Å². The summed E-state index contributed by atoms with van der Waals surface area (Å²) in [4.78, 5) is 26.2. The monoisotopic (exact) mass is 399 g/mol. The van der Waals surface area contributed by atoms with Crippen molar-refractivity contribution in [3.8, 4) is 0 Å². The molecule has 1 aliphatic heterocycles. The number of hydrogen-bond acceptors (Lipinski definition) is 4. The molecular formula is C19H27ClFN3O3. The third-order valence-corrected chi connectivity index (χ3v) is 4.84. The highest BCUT2D eigenvalue weighted by Crippen LogP contribution is 2.17. The van der Waals surface area contributed by atoms with Gasteiger partial charge in [0.25, 0.3) is 5.91 Å². The quantitative estimate of drug-likeness (QED) is 0.653. The minimum atomic E-state index is -0.625. The van der Waals surface area contributed by atoms with Crippen LogP contribution in [0.25, 0.3) is 0 Å². The Balaban J connectivity index is 1.73. The molecule has 3 N–H and O–H groups in total. The largest absolute Gasteiger partial charge is 0.394 e. The highest BCUT2D eigenvalue weighted by Gasteiger charge is 2.24. The molecule has 0 unspecified atom stereocenters. The molecule has 0 saturated carbocycles. The molecule has 8 heteroatoms. The molecular weight excluding hydrogens is 373 g/mol. The summed E-state index contributed by atoms with van der Waals surface area (Å²) in [5, 5.41) is 15.0. The average Bonchev–Trinajstić information content (AvgIpc) is 2.59. The standard InChI is InChI=1S/C19H27ClFN3O3/c1-19(2,12-25)23-17(26)11-24-5-3-13(4-6-24)10-22-18(27)14-7-15(20)9-16(21)8-14/h7-9,13,25H,3-6,10-12H2,1-2H3,(H,22,27)(H,23,26). The first-order valence-corrected chi connectivity index (χ1v) is 9.45. The number of halogens is 2. The summed E-state index contributed by atoms with van der Waals surface area (Å²) >= 11 is 5.78. The Kier molecular flexibility index (Phi) is 7.59. The predicted molar refractivity (Wildman–Crippen MR) is 102 cm³/mol. The molecule has 0 radical (unpaired) electrons. The molecule has 2 rings (SSSR count). The van der Waals surface area contributed by atoms with Gasteiger partial charge in [0.1, 0.15) is 5.82 Å². The molecule has 6 nitrogen and oxygen atoms in total. The lowest BCUT2D eigenvalue weighted by molar-refractivity contribution is -0.124.